The Morgan fingerprint density at radius 2 is 1.56 bits per heavy atom. The zero-order valence-corrected chi connectivity index (χ0v) is 17.0. The van der Waals surface area contributed by atoms with Crippen molar-refractivity contribution in [3.05, 3.63) is 0 Å². The number of aliphatic hydroxyl groups is 1. The summed E-state index contributed by atoms with van der Waals surface area (Å²) in [7, 11) is -3.10. The fourth-order valence-corrected chi connectivity index (χ4v) is 94.6. The van der Waals surface area contributed by atoms with Gasteiger partial charge in [-0.3, -0.25) is 0 Å². The SMILES string of the molecule is CC(C)(C)S(=O)(=O)CCC(OCCO)[C]12[CH]3[CH]4[CH]5[CH]1[Fe]45321678[CH]2[CH]1[CH]6[CH]7[CH]28. The number of hydrogen-bond donors (Lipinski definition) is 1. The van der Waals surface area contributed by atoms with E-state index in [1.807, 2.05) is 20.8 Å². The van der Waals surface area contributed by atoms with Crippen molar-refractivity contribution in [3.8, 4) is 0 Å². The van der Waals surface area contributed by atoms with E-state index in [2.05, 4.69) is 0 Å². The van der Waals surface area contributed by atoms with Gasteiger partial charge < -0.3 is 0 Å². The van der Waals surface area contributed by atoms with Crippen LogP contribution < -0.4 is 0 Å². The molecule has 0 bridgehead atoms. The molecule has 10 aliphatic rings. The molecule has 0 radical (unpaired) electrons. The summed E-state index contributed by atoms with van der Waals surface area (Å²) in [5.74, 6) is 0.269. The van der Waals surface area contributed by atoms with E-state index >= 15 is 0 Å². The Morgan fingerprint density at radius 1 is 1.04 bits per heavy atom. The van der Waals surface area contributed by atoms with Crippen LogP contribution in [0.2, 0.25) is 47.7 Å². The molecule has 1 spiro atoms. The van der Waals surface area contributed by atoms with Crippen LogP contribution in [-0.2, 0) is 21.1 Å². The molecule has 0 aromatic rings. The van der Waals surface area contributed by atoms with Crippen LogP contribution in [0.3, 0.4) is 0 Å². The number of rotatable bonds is 7. The normalized spacial score (nSPS) is 87.6. The van der Waals surface area contributed by atoms with Crippen molar-refractivity contribution in [3.63, 3.8) is 0 Å². The summed E-state index contributed by atoms with van der Waals surface area (Å²) in [5.41, 5.74) is 0. The second kappa shape index (κ2) is 1.38. The molecule has 0 aliphatic carbocycles. The molecular formula is C19H28FeO4S. The molecule has 10 saturated heterocycles. The number of sulfone groups is 1. The van der Waals surface area contributed by atoms with Crippen LogP contribution in [0, 0.1) is 0 Å². The van der Waals surface area contributed by atoms with Crippen molar-refractivity contribution in [2.45, 2.75) is 85.7 Å². The number of fused-ring (bicyclic) bond motifs is 10. The molecule has 142 valence electrons. The van der Waals surface area contributed by atoms with Gasteiger partial charge in [0, 0.05) is 0 Å². The van der Waals surface area contributed by atoms with Crippen molar-refractivity contribution >= 4 is 9.84 Å². The van der Waals surface area contributed by atoms with E-state index in [0.717, 1.165) is 9.63 Å². The first-order chi connectivity index (χ1) is 11.5. The first-order valence-electron chi connectivity index (χ1n) is 10.1. The van der Waals surface area contributed by atoms with Crippen LogP contribution in [0.4, 0.5) is 0 Å². The molecule has 10 heterocycles. The molecule has 10 fully saturated rings. The van der Waals surface area contributed by atoms with Crippen LogP contribution in [0.15, 0.2) is 0 Å². The monoisotopic (exact) mass is 408 g/mol. The summed E-state index contributed by atoms with van der Waals surface area (Å²) in [4.78, 5) is 10.8. The predicted octanol–water partition coefficient (Wildman–Crippen LogP) is 3.73. The molecule has 10 rings (SSSR count). The van der Waals surface area contributed by atoms with Gasteiger partial charge in [0.15, 0.2) is 0 Å². The van der Waals surface area contributed by atoms with Gasteiger partial charge in [-0.25, -0.2) is 0 Å². The van der Waals surface area contributed by atoms with Crippen LogP contribution in [0.25, 0.3) is 0 Å². The van der Waals surface area contributed by atoms with Crippen molar-refractivity contribution < 1.29 is 24.8 Å². The van der Waals surface area contributed by atoms with Crippen molar-refractivity contribution in [2.24, 2.45) is 0 Å². The molecule has 5 atom stereocenters. The molecule has 4 nitrogen and oxygen atoms in total. The van der Waals surface area contributed by atoms with E-state index in [4.69, 9.17) is 4.74 Å². The number of ether oxygens (including phenoxy) is 1. The maximum absolute atomic E-state index is 12.7. The molecule has 25 heavy (non-hydrogen) atoms. The topological polar surface area (TPSA) is 63.6 Å². The van der Waals surface area contributed by atoms with Gasteiger partial charge in [0.25, 0.3) is 0 Å². The van der Waals surface area contributed by atoms with Crippen LogP contribution in [0.5, 0.6) is 0 Å². The molecular weight excluding hydrogens is 380 g/mol. The second-order valence-corrected chi connectivity index (χ2v) is 40.5. The Balaban J connectivity index is 1.12. The van der Waals surface area contributed by atoms with E-state index in [1.165, 1.54) is 33.7 Å². The number of aliphatic hydroxyl groups excluding tert-OH is 1. The summed E-state index contributed by atoms with van der Waals surface area (Å²) in [6.07, 6.45) is 0.870. The Hall–Kier alpha value is 0.389. The minimum absolute atomic E-state index is 0.0650. The van der Waals surface area contributed by atoms with E-state index in [9.17, 15) is 13.5 Å². The standard InChI is InChI=1S/C14H23O4S.C5H5.Fe/c1-14(2,3)19(16,17)11-8-13(18-10-9-15)12-6-4-5-7-12;1-2-4-5-3-1;/h4-7,13,15H,8-11H2,1-3H3;1-5H;. The van der Waals surface area contributed by atoms with Crippen molar-refractivity contribution in [1.82, 2.24) is 0 Å². The maximum atomic E-state index is 12.7. The van der Waals surface area contributed by atoms with Gasteiger partial charge >= 0.3 is 139 Å². The molecule has 10 aliphatic heterocycles. The first-order valence-corrected chi connectivity index (χ1v) is 18.1. The van der Waals surface area contributed by atoms with Gasteiger partial charge in [0.1, 0.15) is 0 Å². The van der Waals surface area contributed by atoms with Crippen LogP contribution in [0.1, 0.15) is 27.2 Å². The Labute approximate surface area is 139 Å². The van der Waals surface area contributed by atoms with Gasteiger partial charge in [-0.05, 0) is 0 Å². The molecule has 0 amide bonds. The third kappa shape index (κ3) is 0.215. The first kappa shape index (κ1) is 12.8. The second-order valence-electron chi connectivity index (χ2n) is 14.0. The fourth-order valence-electron chi connectivity index (χ4n) is 18.5. The fraction of sp³-hybridized carbons (Fsp3) is 1.00. The molecule has 0 saturated carbocycles. The summed E-state index contributed by atoms with van der Waals surface area (Å²) >= 11 is 0. The van der Waals surface area contributed by atoms with Crippen molar-refractivity contribution in [1.29, 1.82) is 0 Å². The molecule has 6 heteroatoms. The Morgan fingerprint density at radius 3 is 1.88 bits per heavy atom. The van der Waals surface area contributed by atoms with Crippen molar-refractivity contribution in [2.75, 3.05) is 19.0 Å². The van der Waals surface area contributed by atoms with Gasteiger partial charge in [0.2, 0.25) is 0 Å². The average Bonchev–Trinajstić information content (AvgIpc) is 3.46. The van der Waals surface area contributed by atoms with Crippen LogP contribution in [-0.4, -0.2) is 43.3 Å². The Kier molecular flexibility index (Phi) is 0.704. The van der Waals surface area contributed by atoms with Gasteiger partial charge in [-0.2, -0.15) is 0 Å². The average molecular weight is 408 g/mol. The number of hydrogen-bond acceptors (Lipinski definition) is 4. The van der Waals surface area contributed by atoms with Gasteiger partial charge in [-0.15, -0.1) is 0 Å². The summed E-state index contributed by atoms with van der Waals surface area (Å²) < 4.78 is 31.7. The Bertz CT molecular complexity index is 1200. The zero-order chi connectivity index (χ0) is 17.1. The van der Waals surface area contributed by atoms with E-state index < -0.39 is 21.1 Å². The van der Waals surface area contributed by atoms with E-state index in [0.29, 0.717) is 17.3 Å². The summed E-state index contributed by atoms with van der Waals surface area (Å²) in [6.45, 7) is 2.63. The molecule has 5 unspecified atom stereocenters. The minimum atomic E-state index is -3.29. The third-order valence-electron chi connectivity index (χ3n) is 17.3. The van der Waals surface area contributed by atoms with Crippen LogP contribution >= 0.6 is 0 Å². The van der Waals surface area contributed by atoms with Gasteiger partial charge in [0.05, 0.1) is 0 Å². The van der Waals surface area contributed by atoms with Gasteiger partial charge in [-0.1, -0.05) is 0 Å². The summed E-state index contributed by atoms with van der Waals surface area (Å²) in [6, 6.07) is 0. The predicted molar refractivity (Wildman–Crippen MR) is 91.4 cm³/mol. The molecule has 0 aromatic heterocycles. The van der Waals surface area contributed by atoms with E-state index in [-0.39, 0.29) is 18.5 Å². The quantitative estimate of drug-likeness (QED) is 0.652. The molecule has 1 N–H and O–H groups in total. The zero-order valence-electron chi connectivity index (χ0n) is 15.0. The summed E-state index contributed by atoms with van der Waals surface area (Å²) in [5, 5.41) is 9.37. The van der Waals surface area contributed by atoms with E-state index in [1.54, 1.807) is 0 Å². The molecule has 0 aromatic carbocycles. The third-order valence-corrected chi connectivity index (χ3v) is 62.6.